The summed E-state index contributed by atoms with van der Waals surface area (Å²) in [5.41, 5.74) is 0.486. The van der Waals surface area contributed by atoms with E-state index in [1.165, 1.54) is 11.9 Å². The molecule has 0 aromatic heterocycles. The molecule has 88 valence electrons. The molecule has 0 atom stereocenters. The Morgan fingerprint density at radius 1 is 1.31 bits per heavy atom. The van der Waals surface area contributed by atoms with Gasteiger partial charge < -0.3 is 4.90 Å². The van der Waals surface area contributed by atoms with Crippen molar-refractivity contribution in [3.05, 3.63) is 35.9 Å². The van der Waals surface area contributed by atoms with Crippen molar-refractivity contribution in [3.8, 4) is 0 Å². The molecule has 1 amide bonds. The minimum Gasteiger partial charge on any atom is -0.341 e. The number of benzene rings is 1. The summed E-state index contributed by atoms with van der Waals surface area (Å²) in [4.78, 5) is 13.0. The second-order valence-electron chi connectivity index (χ2n) is 3.38. The normalized spacial score (nSPS) is 11.1. The van der Waals surface area contributed by atoms with Crippen molar-refractivity contribution in [3.63, 3.8) is 0 Å². The van der Waals surface area contributed by atoms with Crippen molar-refractivity contribution < 1.29 is 17.8 Å². The van der Waals surface area contributed by atoms with E-state index in [2.05, 4.69) is 0 Å². The molecule has 1 N–H and O–H groups in total. The fraction of sp³-hybridized carbons (Fsp3) is 0.300. The second kappa shape index (κ2) is 5.09. The Morgan fingerprint density at radius 2 is 1.88 bits per heavy atom. The third kappa shape index (κ3) is 4.00. The van der Waals surface area contributed by atoms with Gasteiger partial charge in [-0.1, -0.05) is 18.2 Å². The zero-order valence-electron chi connectivity index (χ0n) is 8.83. The Balaban J connectivity index is 2.62. The van der Waals surface area contributed by atoms with Crippen LogP contribution >= 0.6 is 0 Å². The van der Waals surface area contributed by atoms with Crippen molar-refractivity contribution in [2.45, 2.75) is 0 Å². The van der Waals surface area contributed by atoms with Crippen LogP contribution in [0.3, 0.4) is 0 Å². The predicted octanol–water partition coefficient (Wildman–Crippen LogP) is 0.646. The highest BCUT2D eigenvalue weighted by molar-refractivity contribution is 7.85. The molecule has 0 bridgehead atoms. The van der Waals surface area contributed by atoms with Crippen molar-refractivity contribution >= 4 is 16.0 Å². The molecular weight excluding hydrogens is 230 g/mol. The van der Waals surface area contributed by atoms with Crippen LogP contribution in [0.4, 0.5) is 0 Å². The molecular formula is C10H13NO4S. The maximum atomic E-state index is 11.7. The molecule has 6 heteroatoms. The molecule has 1 aromatic carbocycles. The standard InChI is InChI=1S/C10H13NO4S/c1-11(7-8-16(13,14)15)10(12)9-5-3-2-4-6-9/h2-6H,7-8H2,1H3,(H,13,14,15). The van der Waals surface area contributed by atoms with Crippen LogP contribution in [0.25, 0.3) is 0 Å². The van der Waals surface area contributed by atoms with Gasteiger partial charge in [-0.25, -0.2) is 0 Å². The van der Waals surface area contributed by atoms with Crippen LogP contribution in [0.15, 0.2) is 30.3 Å². The molecule has 0 saturated carbocycles. The molecule has 0 radical (unpaired) electrons. The Bertz CT molecular complexity index is 455. The summed E-state index contributed by atoms with van der Waals surface area (Å²) in [6.07, 6.45) is 0. The first-order chi connectivity index (χ1) is 7.40. The number of rotatable bonds is 4. The number of hydrogen-bond donors (Lipinski definition) is 1. The molecule has 5 nitrogen and oxygen atoms in total. The topological polar surface area (TPSA) is 74.7 Å². The fourth-order valence-corrected chi connectivity index (χ4v) is 1.66. The van der Waals surface area contributed by atoms with Crippen LogP contribution < -0.4 is 0 Å². The fourth-order valence-electron chi connectivity index (χ4n) is 1.15. The lowest BCUT2D eigenvalue weighted by atomic mass is 10.2. The minimum atomic E-state index is -4.03. The zero-order valence-corrected chi connectivity index (χ0v) is 9.64. The maximum Gasteiger partial charge on any atom is 0.266 e. The first-order valence-electron chi connectivity index (χ1n) is 4.66. The monoisotopic (exact) mass is 243 g/mol. The van der Waals surface area contributed by atoms with Crippen molar-refractivity contribution in [2.24, 2.45) is 0 Å². The van der Waals surface area contributed by atoms with Crippen LogP contribution in [-0.4, -0.2) is 43.1 Å². The predicted molar refractivity (Wildman–Crippen MR) is 59.8 cm³/mol. The van der Waals surface area contributed by atoms with E-state index >= 15 is 0 Å². The van der Waals surface area contributed by atoms with Gasteiger partial charge in [0, 0.05) is 19.2 Å². The highest BCUT2D eigenvalue weighted by Gasteiger charge is 2.13. The average molecular weight is 243 g/mol. The molecule has 0 aliphatic rings. The van der Waals surface area contributed by atoms with Gasteiger partial charge in [0.05, 0.1) is 5.75 Å². The van der Waals surface area contributed by atoms with Gasteiger partial charge in [0.1, 0.15) is 0 Å². The average Bonchev–Trinajstić information content (AvgIpc) is 2.25. The van der Waals surface area contributed by atoms with E-state index < -0.39 is 15.9 Å². The van der Waals surface area contributed by atoms with Gasteiger partial charge >= 0.3 is 0 Å². The Labute approximate surface area is 94.4 Å². The summed E-state index contributed by atoms with van der Waals surface area (Å²) in [5.74, 6) is -0.730. The zero-order chi connectivity index (χ0) is 12.2. The molecule has 0 fully saturated rings. The Hall–Kier alpha value is -1.40. The van der Waals surface area contributed by atoms with Gasteiger partial charge in [-0.05, 0) is 12.1 Å². The van der Waals surface area contributed by atoms with Gasteiger partial charge in [-0.2, -0.15) is 8.42 Å². The van der Waals surface area contributed by atoms with E-state index in [4.69, 9.17) is 4.55 Å². The number of carbonyl (C=O) groups is 1. The number of carbonyl (C=O) groups excluding carboxylic acids is 1. The lowest BCUT2D eigenvalue weighted by Gasteiger charge is -2.15. The summed E-state index contributed by atoms with van der Waals surface area (Å²) < 4.78 is 29.6. The van der Waals surface area contributed by atoms with Crippen molar-refractivity contribution in [2.75, 3.05) is 19.3 Å². The molecule has 0 aliphatic heterocycles. The number of hydrogen-bond acceptors (Lipinski definition) is 3. The third-order valence-corrected chi connectivity index (χ3v) is 2.75. The van der Waals surface area contributed by atoms with Gasteiger partial charge in [-0.15, -0.1) is 0 Å². The quantitative estimate of drug-likeness (QED) is 0.788. The summed E-state index contributed by atoms with van der Waals surface area (Å²) >= 11 is 0. The molecule has 0 saturated heterocycles. The highest BCUT2D eigenvalue weighted by atomic mass is 32.2. The SMILES string of the molecule is CN(CCS(=O)(=O)O)C(=O)c1ccccc1. The first-order valence-corrected chi connectivity index (χ1v) is 6.27. The van der Waals surface area contributed by atoms with Gasteiger partial charge in [0.15, 0.2) is 0 Å². The van der Waals surface area contributed by atoms with Crippen LogP contribution in [0.2, 0.25) is 0 Å². The maximum absolute atomic E-state index is 11.7. The van der Waals surface area contributed by atoms with E-state index in [0.29, 0.717) is 5.56 Å². The summed E-state index contributed by atoms with van der Waals surface area (Å²) in [6, 6.07) is 8.53. The van der Waals surface area contributed by atoms with E-state index in [1.807, 2.05) is 0 Å². The van der Waals surface area contributed by atoms with E-state index in [-0.39, 0.29) is 12.5 Å². The molecule has 16 heavy (non-hydrogen) atoms. The number of amides is 1. The van der Waals surface area contributed by atoms with Gasteiger partial charge in [0.25, 0.3) is 16.0 Å². The smallest absolute Gasteiger partial charge is 0.266 e. The Kier molecular flexibility index (Phi) is 4.03. The Morgan fingerprint density at radius 3 is 2.38 bits per heavy atom. The van der Waals surface area contributed by atoms with Crippen LogP contribution in [0.1, 0.15) is 10.4 Å². The molecule has 1 rings (SSSR count). The largest absolute Gasteiger partial charge is 0.341 e. The summed E-state index contributed by atoms with van der Waals surface area (Å²) in [5, 5.41) is 0. The molecule has 0 aliphatic carbocycles. The molecule has 0 spiro atoms. The van der Waals surface area contributed by atoms with E-state index in [9.17, 15) is 13.2 Å². The number of nitrogens with zero attached hydrogens (tertiary/aromatic N) is 1. The molecule has 0 unspecified atom stereocenters. The van der Waals surface area contributed by atoms with Crippen molar-refractivity contribution in [1.29, 1.82) is 0 Å². The lowest BCUT2D eigenvalue weighted by molar-refractivity contribution is 0.0803. The van der Waals surface area contributed by atoms with Crippen LogP contribution in [0, 0.1) is 0 Å². The third-order valence-electron chi connectivity index (χ3n) is 2.05. The molecule has 0 heterocycles. The summed E-state index contributed by atoms with van der Waals surface area (Å²) in [7, 11) is -2.54. The second-order valence-corrected chi connectivity index (χ2v) is 4.95. The van der Waals surface area contributed by atoms with E-state index in [1.54, 1.807) is 30.3 Å². The lowest BCUT2D eigenvalue weighted by Crippen LogP contribution is -2.31. The van der Waals surface area contributed by atoms with Crippen molar-refractivity contribution in [1.82, 2.24) is 4.90 Å². The summed E-state index contributed by atoms with van der Waals surface area (Å²) in [6.45, 7) is -0.0352. The van der Waals surface area contributed by atoms with Gasteiger partial charge in [0.2, 0.25) is 0 Å². The highest BCUT2D eigenvalue weighted by Crippen LogP contribution is 2.02. The van der Waals surface area contributed by atoms with Gasteiger partial charge in [-0.3, -0.25) is 9.35 Å². The minimum absolute atomic E-state index is 0.0352. The first kappa shape index (κ1) is 12.7. The van der Waals surface area contributed by atoms with E-state index in [0.717, 1.165) is 0 Å². The van der Waals surface area contributed by atoms with Crippen LogP contribution in [0.5, 0.6) is 0 Å². The molecule has 1 aromatic rings. The van der Waals surface area contributed by atoms with Crippen LogP contribution in [-0.2, 0) is 10.1 Å².